The Kier molecular flexibility index (Phi) is 12.4. The number of carbonyl (C=O) groups excluding carboxylic acids is 2. The van der Waals surface area contributed by atoms with E-state index in [-0.39, 0.29) is 39.2 Å². The summed E-state index contributed by atoms with van der Waals surface area (Å²) in [7, 11) is 0. The summed E-state index contributed by atoms with van der Waals surface area (Å²) in [5.74, 6) is 0.213. The second-order valence-electron chi connectivity index (χ2n) is 19.9. The Labute approximate surface area is 349 Å². The molecule has 5 N–H and O–H groups in total. The third-order valence-corrected chi connectivity index (χ3v) is 10.9. The van der Waals surface area contributed by atoms with Gasteiger partial charge in [-0.15, -0.1) is 0 Å². The van der Waals surface area contributed by atoms with Gasteiger partial charge in [-0.25, -0.2) is 4.79 Å². The van der Waals surface area contributed by atoms with E-state index in [1.807, 2.05) is 30.3 Å². The summed E-state index contributed by atoms with van der Waals surface area (Å²) in [6.45, 7) is 32.1. The summed E-state index contributed by atoms with van der Waals surface area (Å²) in [6, 6.07) is 20.8. The molecule has 0 aliphatic carbocycles. The van der Waals surface area contributed by atoms with E-state index in [0.717, 1.165) is 56.4 Å². The minimum Gasteiger partial charge on any atom is -0.358 e. The van der Waals surface area contributed by atoms with Crippen LogP contribution in [0.3, 0.4) is 0 Å². The van der Waals surface area contributed by atoms with Gasteiger partial charge in [-0.3, -0.25) is 9.59 Å². The highest BCUT2D eigenvalue weighted by molar-refractivity contribution is 6.33. The van der Waals surface area contributed by atoms with Crippen LogP contribution < -0.4 is 21.6 Å². The van der Waals surface area contributed by atoms with Gasteiger partial charge in [0.2, 0.25) is 11.8 Å². The second-order valence-corrected chi connectivity index (χ2v) is 20.3. The molecule has 5 aromatic rings. The number of aromatic amines is 2. The number of halogens is 1. The fourth-order valence-electron chi connectivity index (χ4n) is 6.99. The molecule has 0 saturated carbocycles. The highest BCUT2D eigenvalue weighted by atomic mass is 35.5. The Morgan fingerprint density at radius 1 is 0.517 bits per heavy atom. The molecule has 0 spiro atoms. The van der Waals surface area contributed by atoms with Crippen molar-refractivity contribution in [1.82, 2.24) is 9.97 Å². The lowest BCUT2D eigenvalue weighted by molar-refractivity contribution is -0.115. The van der Waals surface area contributed by atoms with Crippen LogP contribution in [0.1, 0.15) is 128 Å². The van der Waals surface area contributed by atoms with Crippen LogP contribution in [0.15, 0.2) is 77.7 Å². The van der Waals surface area contributed by atoms with Crippen molar-refractivity contribution in [3.8, 4) is 0 Å². The van der Waals surface area contributed by atoms with Crippen molar-refractivity contribution in [1.29, 1.82) is 0 Å². The highest BCUT2D eigenvalue weighted by Gasteiger charge is 2.25. The predicted molar refractivity (Wildman–Crippen MR) is 244 cm³/mol. The Morgan fingerprint density at radius 3 is 1.60 bits per heavy atom. The molecule has 4 heterocycles. The molecule has 8 nitrogen and oxygen atoms in total. The zero-order valence-electron chi connectivity index (χ0n) is 36.7. The topological polar surface area (TPSA) is 119 Å². The monoisotopic (exact) mass is 803 g/mol. The summed E-state index contributed by atoms with van der Waals surface area (Å²) >= 11 is 6.24. The molecular formula is C49H62ClN5O3. The number of benzene rings is 4. The van der Waals surface area contributed by atoms with Gasteiger partial charge in [-0.2, -0.15) is 0 Å². The van der Waals surface area contributed by atoms with Crippen LogP contribution in [-0.4, -0.2) is 21.8 Å². The summed E-state index contributed by atoms with van der Waals surface area (Å²) in [4.78, 5) is 39.0. The molecule has 2 amide bonds. The summed E-state index contributed by atoms with van der Waals surface area (Å²) in [5.41, 5.74) is 16.0. The Balaban J connectivity index is 0.000000147. The lowest BCUT2D eigenvalue weighted by Crippen LogP contribution is -2.11. The molecule has 0 fully saturated rings. The minimum atomic E-state index is -0.147. The van der Waals surface area contributed by atoms with Gasteiger partial charge in [-0.05, 0) is 97.4 Å². The Hall–Kier alpha value is -5.08. The molecule has 0 unspecified atom stereocenters. The number of amides is 2. The third-order valence-electron chi connectivity index (χ3n) is 10.6. The molecule has 4 aromatic carbocycles. The quantitative estimate of drug-likeness (QED) is 0.107. The van der Waals surface area contributed by atoms with Crippen LogP contribution in [0.25, 0.3) is 11.0 Å². The molecule has 58 heavy (non-hydrogen) atoms. The van der Waals surface area contributed by atoms with Crippen molar-refractivity contribution in [3.63, 3.8) is 0 Å². The number of rotatable bonds is 0. The molecule has 8 rings (SSSR count). The van der Waals surface area contributed by atoms with Gasteiger partial charge in [0.05, 0.1) is 34.6 Å². The first-order valence-corrected chi connectivity index (χ1v) is 20.4. The van der Waals surface area contributed by atoms with Gasteiger partial charge >= 0.3 is 5.69 Å². The van der Waals surface area contributed by atoms with Crippen LogP contribution in [0.5, 0.6) is 0 Å². The summed E-state index contributed by atoms with van der Waals surface area (Å²) in [6.07, 6.45) is 1.94. The zero-order chi connectivity index (χ0) is 43.1. The number of carbonyl (C=O) groups is 2. The lowest BCUT2D eigenvalue weighted by atomic mass is 9.84. The average molecular weight is 805 g/mol. The van der Waals surface area contributed by atoms with Crippen molar-refractivity contribution in [2.24, 2.45) is 0 Å². The van der Waals surface area contributed by atoms with Gasteiger partial charge in [0.25, 0.3) is 0 Å². The van der Waals surface area contributed by atoms with Crippen LogP contribution in [0, 0.1) is 6.92 Å². The van der Waals surface area contributed by atoms with Crippen molar-refractivity contribution in [3.05, 3.63) is 133 Å². The van der Waals surface area contributed by atoms with E-state index in [4.69, 9.17) is 11.6 Å². The van der Waals surface area contributed by atoms with Crippen LogP contribution in [0.2, 0.25) is 5.02 Å². The maximum Gasteiger partial charge on any atom is 0.323 e. The first-order chi connectivity index (χ1) is 26.7. The maximum atomic E-state index is 11.3. The Morgan fingerprint density at radius 2 is 1.00 bits per heavy atom. The molecule has 0 radical (unpaired) electrons. The van der Waals surface area contributed by atoms with E-state index < -0.39 is 0 Å². The van der Waals surface area contributed by atoms with Crippen molar-refractivity contribution < 1.29 is 9.59 Å². The molecule has 308 valence electrons. The predicted octanol–water partition coefficient (Wildman–Crippen LogP) is 11.5. The van der Waals surface area contributed by atoms with E-state index >= 15 is 0 Å². The molecule has 0 saturated heterocycles. The molecule has 3 aliphatic rings. The van der Waals surface area contributed by atoms with Crippen molar-refractivity contribution >= 4 is 51.5 Å². The fourth-order valence-corrected chi connectivity index (χ4v) is 7.28. The van der Waals surface area contributed by atoms with Crippen molar-refractivity contribution in [2.45, 2.75) is 131 Å². The number of hydrogen-bond donors (Lipinski definition) is 5. The van der Waals surface area contributed by atoms with Crippen LogP contribution >= 0.6 is 11.6 Å². The van der Waals surface area contributed by atoms with E-state index in [0.29, 0.717) is 12.8 Å². The number of H-pyrrole nitrogens is 2. The molecule has 3 aliphatic heterocycles. The number of imidazole rings is 1. The molecule has 1 aromatic heterocycles. The molecule has 9 heteroatoms. The standard InChI is InChI=1S/C13H16ClN.C13H17NO.C12H15NO.C11H14N2O/c1-8-5-9-6-10(13(2,3)4)7-11(14)12(9)15-8;1-8-5-10(13(2,3)4)6-9-7-11(15)14-12(8)9;1-12(2,3)9-4-5-10-8(6-9)7-11(14)13-10;1-11(2,3)7-4-5-8-9(6-7)13-10(14)12-8/h6-7,15H,1,5H2,2-4H3;5-6H,7H2,1-4H3,(H,14,15);4-6H,7H2,1-3H3,(H,13,14);4-6H,1-3H3,(H2,12,13,14). The van der Waals surface area contributed by atoms with Gasteiger partial charge in [0, 0.05) is 23.5 Å². The van der Waals surface area contributed by atoms with E-state index in [2.05, 4.69) is 153 Å². The number of hydrogen-bond acceptors (Lipinski definition) is 4. The second kappa shape index (κ2) is 16.3. The summed E-state index contributed by atoms with van der Waals surface area (Å²) in [5, 5.41) is 9.76. The summed E-state index contributed by atoms with van der Waals surface area (Å²) < 4.78 is 0. The number of aryl methyl sites for hydroxylation is 1. The van der Waals surface area contributed by atoms with Gasteiger partial charge in [-0.1, -0.05) is 138 Å². The fraction of sp³-hybridized carbons (Fsp3) is 0.408. The minimum absolute atomic E-state index is 0.103. The number of allylic oxidation sites excluding steroid dienone is 1. The van der Waals surface area contributed by atoms with E-state index in [1.165, 1.54) is 33.4 Å². The largest absolute Gasteiger partial charge is 0.358 e. The smallest absolute Gasteiger partial charge is 0.323 e. The molecule has 0 bridgehead atoms. The lowest BCUT2D eigenvalue weighted by Gasteiger charge is -2.21. The first kappa shape index (κ1) is 44.0. The van der Waals surface area contributed by atoms with E-state index in [9.17, 15) is 14.4 Å². The van der Waals surface area contributed by atoms with Crippen LogP contribution in [0.4, 0.5) is 17.1 Å². The number of anilines is 3. The van der Waals surface area contributed by atoms with Gasteiger partial charge < -0.3 is 25.9 Å². The van der Waals surface area contributed by atoms with Crippen LogP contribution in [-0.2, 0) is 50.5 Å². The molecule has 0 atom stereocenters. The van der Waals surface area contributed by atoms with E-state index in [1.54, 1.807) is 0 Å². The average Bonchev–Trinajstić information content (AvgIpc) is 3.86. The third kappa shape index (κ3) is 10.7. The van der Waals surface area contributed by atoms with Gasteiger partial charge in [0.1, 0.15) is 0 Å². The SMILES string of the molecule is C=C1Cc2cc(C(C)(C)C)cc(Cl)c2N1.CC(C)(C)c1ccc2[nH]c(=O)[nH]c2c1.CC(C)(C)c1ccc2c(c1)CC(=O)N2.Cc1cc(C(C)(C)C)cc2c1NC(=O)C2. The highest BCUT2D eigenvalue weighted by Crippen LogP contribution is 2.38. The Bertz CT molecular complexity index is 2360. The molecular weight excluding hydrogens is 742 g/mol. The first-order valence-electron chi connectivity index (χ1n) is 20.1. The normalized spacial score (nSPS) is 14.4. The number of fused-ring (bicyclic) bond motifs is 4. The van der Waals surface area contributed by atoms with Crippen molar-refractivity contribution in [2.75, 3.05) is 16.0 Å². The number of nitrogens with one attached hydrogen (secondary N) is 5. The maximum absolute atomic E-state index is 11.3. The van der Waals surface area contributed by atoms with Gasteiger partial charge in [0.15, 0.2) is 0 Å². The number of aromatic nitrogens is 2. The zero-order valence-corrected chi connectivity index (χ0v) is 37.5.